The van der Waals surface area contributed by atoms with E-state index in [1.807, 2.05) is 27.7 Å². The first kappa shape index (κ1) is 24.3. The molecule has 0 saturated carbocycles. The van der Waals surface area contributed by atoms with Crippen molar-refractivity contribution in [3.63, 3.8) is 0 Å². The second kappa shape index (κ2) is 11.1. The van der Waals surface area contributed by atoms with Crippen LogP contribution in [0.5, 0.6) is 0 Å². The lowest BCUT2D eigenvalue weighted by Crippen LogP contribution is -2.55. The molecule has 0 rings (SSSR count). The summed E-state index contributed by atoms with van der Waals surface area (Å²) >= 11 is 0. The Kier molecular flexibility index (Phi) is 10.4. The van der Waals surface area contributed by atoms with Crippen molar-refractivity contribution in [3.05, 3.63) is 0 Å². The largest absolute Gasteiger partial charge is 0.444 e. The van der Waals surface area contributed by atoms with Gasteiger partial charge in [-0.3, -0.25) is 9.59 Å². The van der Waals surface area contributed by atoms with E-state index >= 15 is 0 Å². The first-order chi connectivity index (χ1) is 11.9. The monoisotopic (exact) mass is 373 g/mol. The van der Waals surface area contributed by atoms with E-state index in [0.29, 0.717) is 6.42 Å². The van der Waals surface area contributed by atoms with Crippen LogP contribution in [0.15, 0.2) is 0 Å². The lowest BCUT2D eigenvalue weighted by Gasteiger charge is -2.27. The fourth-order valence-corrected chi connectivity index (χ4v) is 2.28. The Hall–Kier alpha value is -1.67. The molecule has 2 atom stereocenters. The van der Waals surface area contributed by atoms with Crippen molar-refractivity contribution in [2.24, 2.45) is 11.8 Å². The molecule has 0 radical (unpaired) electrons. The number of ether oxygens (including phenoxy) is 1. The number of rotatable bonds is 10. The van der Waals surface area contributed by atoms with Crippen molar-refractivity contribution in [2.45, 2.75) is 72.6 Å². The van der Waals surface area contributed by atoms with E-state index in [1.54, 1.807) is 20.8 Å². The third-order valence-corrected chi connectivity index (χ3v) is 3.42. The quantitative estimate of drug-likeness (QED) is 0.504. The highest BCUT2D eigenvalue weighted by molar-refractivity contribution is 5.93. The van der Waals surface area contributed by atoms with Crippen LogP contribution in [0.2, 0.25) is 0 Å². The Bertz CT molecular complexity index is 472. The van der Waals surface area contributed by atoms with Crippen molar-refractivity contribution in [3.8, 4) is 0 Å². The minimum Gasteiger partial charge on any atom is -0.444 e. The van der Waals surface area contributed by atoms with E-state index in [2.05, 4.69) is 21.0 Å². The van der Waals surface area contributed by atoms with Crippen LogP contribution >= 0.6 is 0 Å². The summed E-state index contributed by atoms with van der Waals surface area (Å²) in [5, 5.41) is 5.35. The third kappa shape index (κ3) is 10.4. The number of nitrogens with one attached hydrogen (secondary N) is 3. The predicted octanol–water partition coefficient (Wildman–Crippen LogP) is 1.79. The minimum absolute atomic E-state index is 0.0199. The Morgan fingerprint density at radius 3 is 2.00 bits per heavy atom. The molecule has 0 heterocycles. The van der Waals surface area contributed by atoms with Gasteiger partial charge in [0.2, 0.25) is 5.91 Å². The summed E-state index contributed by atoms with van der Waals surface area (Å²) in [6.45, 7) is 12.8. The van der Waals surface area contributed by atoms with Gasteiger partial charge in [0.1, 0.15) is 11.6 Å². The standard InChI is InChI=1S/C18H35N3O5/c1-11(2)9-13(20-17(24)26-18(5,6)7)16(23)21-15(12(3)4)14(22)10-19-25-8/h11-13,15,19H,9-10H2,1-8H3,(H,20,24)(H,21,23)/t13-,15-/m0/s1. The van der Waals surface area contributed by atoms with Gasteiger partial charge >= 0.3 is 6.09 Å². The summed E-state index contributed by atoms with van der Waals surface area (Å²) in [6.07, 6.45) is -0.229. The van der Waals surface area contributed by atoms with Crippen LogP contribution in [-0.4, -0.2) is 49.1 Å². The molecule has 0 aromatic heterocycles. The van der Waals surface area contributed by atoms with Crippen molar-refractivity contribution in [1.82, 2.24) is 16.1 Å². The highest BCUT2D eigenvalue weighted by Gasteiger charge is 2.30. The summed E-state index contributed by atoms with van der Waals surface area (Å²) < 4.78 is 5.23. The number of hydrogen-bond acceptors (Lipinski definition) is 6. The number of carbonyl (C=O) groups excluding carboxylic acids is 3. The molecule has 0 saturated heterocycles. The molecule has 0 bridgehead atoms. The molecule has 152 valence electrons. The maximum atomic E-state index is 12.7. The Morgan fingerprint density at radius 1 is 1.00 bits per heavy atom. The van der Waals surface area contributed by atoms with Crippen LogP contribution in [0.4, 0.5) is 4.79 Å². The molecule has 3 N–H and O–H groups in total. The average Bonchev–Trinajstić information content (AvgIpc) is 2.46. The van der Waals surface area contributed by atoms with Gasteiger partial charge < -0.3 is 20.2 Å². The summed E-state index contributed by atoms with van der Waals surface area (Å²) in [6, 6.07) is -1.46. The number of alkyl carbamates (subject to hydrolysis) is 1. The fourth-order valence-electron chi connectivity index (χ4n) is 2.28. The number of carbonyl (C=O) groups is 3. The molecule has 8 nitrogen and oxygen atoms in total. The molecular weight excluding hydrogens is 338 g/mol. The smallest absolute Gasteiger partial charge is 0.408 e. The molecule has 0 aliphatic heterocycles. The highest BCUT2D eigenvalue weighted by Crippen LogP contribution is 2.11. The number of Topliss-reactive ketones (excluding diaryl/α,β-unsaturated/α-hetero) is 1. The molecule has 0 aliphatic carbocycles. The average molecular weight is 373 g/mol. The van der Waals surface area contributed by atoms with Crippen LogP contribution in [0.1, 0.15) is 54.9 Å². The fraction of sp³-hybridized carbons (Fsp3) is 0.833. The van der Waals surface area contributed by atoms with Gasteiger partial charge in [0.15, 0.2) is 5.78 Å². The second-order valence-electron chi connectivity index (χ2n) is 8.05. The van der Waals surface area contributed by atoms with Gasteiger partial charge in [0.05, 0.1) is 19.7 Å². The Balaban J connectivity index is 5.08. The van der Waals surface area contributed by atoms with E-state index in [4.69, 9.17) is 4.74 Å². The van der Waals surface area contributed by atoms with Gasteiger partial charge in [0.25, 0.3) is 0 Å². The van der Waals surface area contributed by atoms with Crippen molar-refractivity contribution in [1.29, 1.82) is 0 Å². The van der Waals surface area contributed by atoms with Crippen LogP contribution in [-0.2, 0) is 19.2 Å². The van der Waals surface area contributed by atoms with Crippen LogP contribution in [0, 0.1) is 11.8 Å². The number of amides is 2. The van der Waals surface area contributed by atoms with E-state index in [1.165, 1.54) is 7.11 Å². The molecule has 8 heteroatoms. The van der Waals surface area contributed by atoms with Crippen molar-refractivity contribution in [2.75, 3.05) is 13.7 Å². The van der Waals surface area contributed by atoms with Crippen LogP contribution < -0.4 is 16.1 Å². The number of ketones is 1. The van der Waals surface area contributed by atoms with E-state index in [-0.39, 0.29) is 24.2 Å². The van der Waals surface area contributed by atoms with Gasteiger partial charge in [-0.15, -0.1) is 0 Å². The molecular formula is C18H35N3O5. The van der Waals surface area contributed by atoms with Crippen LogP contribution in [0.25, 0.3) is 0 Å². The summed E-state index contributed by atoms with van der Waals surface area (Å²) in [7, 11) is 1.42. The first-order valence-electron chi connectivity index (χ1n) is 8.95. The Morgan fingerprint density at radius 2 is 1.58 bits per heavy atom. The lowest BCUT2D eigenvalue weighted by atomic mass is 9.98. The molecule has 0 fully saturated rings. The number of hydroxylamine groups is 1. The van der Waals surface area contributed by atoms with Crippen LogP contribution in [0.3, 0.4) is 0 Å². The molecule has 0 unspecified atom stereocenters. The van der Waals surface area contributed by atoms with Gasteiger partial charge in [-0.25, -0.2) is 4.79 Å². The van der Waals surface area contributed by atoms with Crippen molar-refractivity contribution < 1.29 is 24.0 Å². The zero-order valence-electron chi connectivity index (χ0n) is 17.3. The zero-order valence-corrected chi connectivity index (χ0v) is 17.3. The van der Waals surface area contributed by atoms with E-state index in [0.717, 1.165) is 0 Å². The van der Waals surface area contributed by atoms with Gasteiger partial charge in [-0.05, 0) is 39.0 Å². The molecule has 26 heavy (non-hydrogen) atoms. The normalized spacial score (nSPS) is 14.1. The van der Waals surface area contributed by atoms with E-state index < -0.39 is 29.7 Å². The minimum atomic E-state index is -0.783. The topological polar surface area (TPSA) is 106 Å². The predicted molar refractivity (Wildman–Crippen MR) is 99.4 cm³/mol. The molecule has 0 aromatic carbocycles. The van der Waals surface area contributed by atoms with E-state index in [9.17, 15) is 14.4 Å². The molecule has 0 aromatic rings. The second-order valence-corrected chi connectivity index (χ2v) is 8.05. The maximum Gasteiger partial charge on any atom is 0.408 e. The van der Waals surface area contributed by atoms with Gasteiger partial charge in [-0.2, -0.15) is 5.48 Å². The Labute approximate surface area is 156 Å². The summed E-state index contributed by atoms with van der Waals surface area (Å²) in [4.78, 5) is 41.7. The summed E-state index contributed by atoms with van der Waals surface area (Å²) in [5.41, 5.74) is 1.82. The zero-order chi connectivity index (χ0) is 20.5. The van der Waals surface area contributed by atoms with Gasteiger partial charge in [0, 0.05) is 0 Å². The SMILES string of the molecule is CONCC(=O)[C@@H](NC(=O)[C@H](CC(C)C)NC(=O)OC(C)(C)C)C(C)C. The lowest BCUT2D eigenvalue weighted by molar-refractivity contribution is -0.130. The summed E-state index contributed by atoms with van der Waals surface area (Å²) in [5.74, 6) is -0.542. The third-order valence-electron chi connectivity index (χ3n) is 3.42. The first-order valence-corrected chi connectivity index (χ1v) is 8.95. The highest BCUT2D eigenvalue weighted by atomic mass is 16.6. The van der Waals surface area contributed by atoms with Crippen molar-refractivity contribution >= 4 is 17.8 Å². The molecule has 2 amide bonds. The maximum absolute atomic E-state index is 12.7. The van der Waals surface area contributed by atoms with Gasteiger partial charge in [-0.1, -0.05) is 27.7 Å². The molecule has 0 aliphatic rings. The molecule has 0 spiro atoms. The number of hydrogen-bond donors (Lipinski definition) is 3.